The van der Waals surface area contributed by atoms with Gasteiger partial charge in [0.2, 0.25) is 0 Å². The van der Waals surface area contributed by atoms with Crippen LogP contribution in [0.2, 0.25) is 0 Å². The monoisotopic (exact) mass is 242 g/mol. The van der Waals surface area contributed by atoms with Gasteiger partial charge in [-0.05, 0) is 11.4 Å². The van der Waals surface area contributed by atoms with Crippen LogP contribution in [0.5, 0.6) is 0 Å². The second-order valence-electron chi connectivity index (χ2n) is 3.30. The molecule has 0 spiro atoms. The number of hydrogen-bond donors (Lipinski definition) is 1. The second-order valence-corrected chi connectivity index (χ2v) is 4.20. The van der Waals surface area contributed by atoms with E-state index in [1.165, 1.54) is 28.5 Å². The van der Waals surface area contributed by atoms with E-state index >= 15 is 0 Å². The molecule has 3 aromatic heterocycles. The van der Waals surface area contributed by atoms with Gasteiger partial charge < -0.3 is 5.73 Å². The summed E-state index contributed by atoms with van der Waals surface area (Å²) in [5.41, 5.74) is 6.17. The van der Waals surface area contributed by atoms with Crippen molar-refractivity contribution in [3.05, 3.63) is 29.5 Å². The smallest absolute Gasteiger partial charge is 0.167 e. The average molecular weight is 242 g/mol. The van der Waals surface area contributed by atoms with Crippen LogP contribution in [0.3, 0.4) is 0 Å². The molecule has 0 aromatic carbocycles. The topological polar surface area (TPSA) is 93.4 Å². The lowest BCUT2D eigenvalue weighted by molar-refractivity contribution is 0.861. The fraction of sp³-hybridized carbons (Fsp3) is 0. The lowest BCUT2D eigenvalue weighted by Crippen LogP contribution is -2.05. The summed E-state index contributed by atoms with van der Waals surface area (Å²) in [5, 5.41) is 15.7. The summed E-state index contributed by atoms with van der Waals surface area (Å²) >= 11 is 1.52. The molecular weight excluding hydrogens is 236 g/mol. The first-order valence-electron chi connectivity index (χ1n) is 4.73. The maximum absolute atomic E-state index is 8.84. The minimum Gasteiger partial charge on any atom is -0.382 e. The number of nitrogens with zero attached hydrogens (tertiary/aromatic N) is 5. The third-order valence-corrected chi connectivity index (χ3v) is 3.19. The Bertz CT molecular complexity index is 735. The van der Waals surface area contributed by atoms with Crippen molar-refractivity contribution >= 4 is 27.4 Å². The predicted molar refractivity (Wildman–Crippen MR) is 63.7 cm³/mol. The first kappa shape index (κ1) is 9.74. The number of thiophene rings is 1. The zero-order valence-corrected chi connectivity index (χ0v) is 9.35. The van der Waals surface area contributed by atoms with Crippen LogP contribution >= 0.6 is 11.3 Å². The molecule has 0 aliphatic carbocycles. The van der Waals surface area contributed by atoms with Gasteiger partial charge in [-0.2, -0.15) is 15.0 Å². The van der Waals surface area contributed by atoms with Crippen molar-refractivity contribution in [2.24, 2.45) is 0 Å². The Morgan fingerprint density at radius 1 is 1.41 bits per heavy atom. The van der Waals surface area contributed by atoms with Crippen LogP contribution in [-0.4, -0.2) is 19.7 Å². The van der Waals surface area contributed by atoms with Gasteiger partial charge in [-0.25, -0.2) is 9.97 Å². The fourth-order valence-corrected chi connectivity index (χ4v) is 2.29. The first-order valence-corrected chi connectivity index (χ1v) is 5.61. The van der Waals surface area contributed by atoms with Crippen LogP contribution in [-0.2, 0) is 0 Å². The van der Waals surface area contributed by atoms with Gasteiger partial charge in [-0.1, -0.05) is 0 Å². The largest absolute Gasteiger partial charge is 0.382 e. The van der Waals surface area contributed by atoms with Crippen molar-refractivity contribution in [1.29, 1.82) is 5.26 Å². The van der Waals surface area contributed by atoms with E-state index in [0.29, 0.717) is 17.2 Å². The van der Waals surface area contributed by atoms with E-state index in [-0.39, 0.29) is 0 Å². The van der Waals surface area contributed by atoms with Crippen molar-refractivity contribution in [1.82, 2.24) is 19.7 Å². The highest BCUT2D eigenvalue weighted by atomic mass is 32.1. The maximum Gasteiger partial charge on any atom is 0.167 e. The molecule has 0 aliphatic heterocycles. The third kappa shape index (κ3) is 1.35. The van der Waals surface area contributed by atoms with E-state index in [2.05, 4.69) is 15.1 Å². The van der Waals surface area contributed by atoms with Gasteiger partial charge in [0, 0.05) is 0 Å². The molecule has 3 rings (SSSR count). The highest BCUT2D eigenvalue weighted by Gasteiger charge is 2.13. The zero-order valence-electron chi connectivity index (χ0n) is 8.53. The van der Waals surface area contributed by atoms with Crippen molar-refractivity contribution in [2.75, 3.05) is 5.73 Å². The Balaban J connectivity index is 2.31. The van der Waals surface area contributed by atoms with Crippen molar-refractivity contribution < 1.29 is 0 Å². The van der Waals surface area contributed by atoms with E-state index in [1.807, 2.05) is 17.5 Å². The molecule has 3 aromatic rings. The quantitative estimate of drug-likeness (QED) is 0.694. The average Bonchev–Trinajstić information content (AvgIpc) is 2.94. The molecule has 3 heterocycles. The molecule has 7 heteroatoms. The lowest BCUT2D eigenvalue weighted by Gasteiger charge is -2.03. The molecule has 0 aliphatic rings. The summed E-state index contributed by atoms with van der Waals surface area (Å²) in [6.07, 6.45) is 2.89. The number of anilines is 1. The molecule has 0 unspecified atom stereocenters. The Hall–Kier alpha value is -2.46. The maximum atomic E-state index is 8.84. The van der Waals surface area contributed by atoms with E-state index in [1.54, 1.807) is 0 Å². The van der Waals surface area contributed by atoms with Gasteiger partial charge in [0.1, 0.15) is 28.6 Å². The molecule has 0 amide bonds. The molecule has 6 nitrogen and oxygen atoms in total. The van der Waals surface area contributed by atoms with E-state index in [9.17, 15) is 0 Å². The Labute approximate surface area is 100.0 Å². The highest BCUT2D eigenvalue weighted by molar-refractivity contribution is 7.16. The van der Waals surface area contributed by atoms with Gasteiger partial charge in [0.15, 0.2) is 5.82 Å². The van der Waals surface area contributed by atoms with Gasteiger partial charge in [0.05, 0.1) is 11.6 Å². The number of nitrogens with two attached hydrogens (primary N) is 1. The van der Waals surface area contributed by atoms with Crippen LogP contribution in [0.1, 0.15) is 5.56 Å². The summed E-state index contributed by atoms with van der Waals surface area (Å²) < 4.78 is 1.45. The summed E-state index contributed by atoms with van der Waals surface area (Å²) in [5.74, 6) is 0.883. The van der Waals surface area contributed by atoms with Crippen LogP contribution in [0.25, 0.3) is 16.0 Å². The number of fused-ring (bicyclic) bond motifs is 1. The Kier molecular flexibility index (Phi) is 2.03. The summed E-state index contributed by atoms with van der Waals surface area (Å²) in [6, 6.07) is 3.88. The summed E-state index contributed by atoms with van der Waals surface area (Å²) in [7, 11) is 0. The number of aromatic nitrogens is 4. The van der Waals surface area contributed by atoms with E-state index < -0.39 is 0 Å². The lowest BCUT2D eigenvalue weighted by atomic mass is 10.3. The van der Waals surface area contributed by atoms with Gasteiger partial charge in [-0.3, -0.25) is 0 Å². The Morgan fingerprint density at radius 2 is 2.29 bits per heavy atom. The van der Waals surface area contributed by atoms with Gasteiger partial charge in [0.25, 0.3) is 0 Å². The van der Waals surface area contributed by atoms with E-state index in [4.69, 9.17) is 11.0 Å². The molecule has 0 bridgehead atoms. The van der Waals surface area contributed by atoms with Crippen LogP contribution < -0.4 is 5.73 Å². The standard InChI is InChI=1S/C10H6N6S/c11-3-6-4-15-16(8(6)12)9-7-1-2-17-10(7)14-5-13-9/h1-2,4-5H,12H2. The van der Waals surface area contributed by atoms with E-state index in [0.717, 1.165) is 10.2 Å². The molecule has 0 fully saturated rings. The third-order valence-electron chi connectivity index (χ3n) is 2.37. The molecule has 0 radical (unpaired) electrons. The number of nitrogen functional groups attached to an aromatic ring is 1. The van der Waals surface area contributed by atoms with Crippen molar-refractivity contribution in [3.63, 3.8) is 0 Å². The molecule has 2 N–H and O–H groups in total. The second kappa shape index (κ2) is 3.54. The number of nitriles is 1. The number of hydrogen-bond acceptors (Lipinski definition) is 6. The van der Waals surface area contributed by atoms with Crippen LogP contribution in [0, 0.1) is 11.3 Å². The minimum atomic E-state index is 0.290. The Morgan fingerprint density at radius 3 is 3.06 bits per heavy atom. The molecule has 17 heavy (non-hydrogen) atoms. The zero-order chi connectivity index (χ0) is 11.8. The molecule has 0 saturated carbocycles. The SMILES string of the molecule is N#Cc1cnn(-c2ncnc3sccc23)c1N. The van der Waals surface area contributed by atoms with Crippen molar-refractivity contribution in [2.45, 2.75) is 0 Å². The summed E-state index contributed by atoms with van der Waals surface area (Å²) in [4.78, 5) is 9.17. The normalized spacial score (nSPS) is 10.5. The molecular formula is C10H6N6S. The highest BCUT2D eigenvalue weighted by Crippen LogP contribution is 2.24. The molecule has 0 saturated heterocycles. The van der Waals surface area contributed by atoms with Crippen LogP contribution in [0.4, 0.5) is 5.82 Å². The summed E-state index contributed by atoms with van der Waals surface area (Å²) in [6.45, 7) is 0. The molecule has 0 atom stereocenters. The van der Waals surface area contributed by atoms with Crippen molar-refractivity contribution in [3.8, 4) is 11.9 Å². The molecule has 82 valence electrons. The fourth-order valence-electron chi connectivity index (χ4n) is 1.56. The predicted octanol–water partition coefficient (Wildman–Crippen LogP) is 1.33. The number of rotatable bonds is 1. The van der Waals surface area contributed by atoms with Crippen LogP contribution in [0.15, 0.2) is 24.0 Å². The van der Waals surface area contributed by atoms with Gasteiger partial charge in [-0.15, -0.1) is 11.3 Å². The minimum absolute atomic E-state index is 0.290. The van der Waals surface area contributed by atoms with Gasteiger partial charge >= 0.3 is 0 Å². The first-order chi connectivity index (χ1) is 8.31.